The molecule has 0 aliphatic rings. The summed E-state index contributed by atoms with van der Waals surface area (Å²) in [4.78, 5) is 12.3. The number of amides is 1. The molecule has 0 aliphatic carbocycles. The van der Waals surface area contributed by atoms with E-state index in [0.717, 1.165) is 11.1 Å². The minimum absolute atomic E-state index is 0.182. The smallest absolute Gasteiger partial charge is 0.230 e. The van der Waals surface area contributed by atoms with Crippen LogP contribution < -0.4 is 14.8 Å². The lowest BCUT2D eigenvalue weighted by Gasteiger charge is -2.09. The number of hydrogen-bond donors (Lipinski definition) is 1. The Kier molecular flexibility index (Phi) is 5.70. The first-order valence-corrected chi connectivity index (χ1v) is 8.89. The number of aromatic nitrogens is 2. The first kappa shape index (κ1) is 18.2. The van der Waals surface area contributed by atoms with Gasteiger partial charge >= 0.3 is 0 Å². The average Bonchev–Trinajstić information content (AvgIpc) is 3.10. The number of halogens is 1. The van der Waals surface area contributed by atoms with E-state index >= 15 is 0 Å². The fourth-order valence-electron chi connectivity index (χ4n) is 2.36. The zero-order valence-electron chi connectivity index (χ0n) is 14.2. The molecule has 0 bridgehead atoms. The maximum atomic E-state index is 12.3. The van der Waals surface area contributed by atoms with Crippen molar-refractivity contribution in [3.63, 3.8) is 0 Å². The quantitative estimate of drug-likeness (QED) is 0.688. The summed E-state index contributed by atoms with van der Waals surface area (Å²) in [6.07, 6.45) is 0.182. The highest BCUT2D eigenvalue weighted by molar-refractivity contribution is 7.18. The second kappa shape index (κ2) is 8.16. The van der Waals surface area contributed by atoms with Gasteiger partial charge in [0.15, 0.2) is 16.5 Å². The molecule has 8 heteroatoms. The minimum atomic E-state index is -0.195. The van der Waals surface area contributed by atoms with E-state index in [1.807, 2.05) is 24.3 Å². The molecule has 1 amide bonds. The number of benzene rings is 2. The summed E-state index contributed by atoms with van der Waals surface area (Å²) in [6.45, 7) is 0. The summed E-state index contributed by atoms with van der Waals surface area (Å²) in [5.41, 5.74) is 1.59. The fourth-order valence-corrected chi connectivity index (χ4v) is 3.44. The van der Waals surface area contributed by atoms with E-state index in [9.17, 15) is 4.79 Å². The van der Waals surface area contributed by atoms with Gasteiger partial charge in [-0.3, -0.25) is 4.79 Å². The lowest BCUT2D eigenvalue weighted by Crippen LogP contribution is -2.14. The van der Waals surface area contributed by atoms with Crippen molar-refractivity contribution < 1.29 is 14.3 Å². The molecule has 0 aliphatic heterocycles. The Morgan fingerprint density at radius 3 is 2.62 bits per heavy atom. The lowest BCUT2D eigenvalue weighted by atomic mass is 10.1. The Morgan fingerprint density at radius 1 is 1.12 bits per heavy atom. The molecule has 134 valence electrons. The fraction of sp³-hybridized carbons (Fsp3) is 0.167. The third kappa shape index (κ3) is 4.12. The van der Waals surface area contributed by atoms with Crippen LogP contribution in [0.25, 0.3) is 10.6 Å². The van der Waals surface area contributed by atoms with Crippen LogP contribution in [0.4, 0.5) is 5.13 Å². The summed E-state index contributed by atoms with van der Waals surface area (Å²) in [7, 11) is 3.12. The molecule has 0 radical (unpaired) electrons. The van der Waals surface area contributed by atoms with Crippen molar-refractivity contribution >= 4 is 34.0 Å². The summed E-state index contributed by atoms with van der Waals surface area (Å²) in [5.74, 6) is 0.999. The number of carbonyl (C=O) groups excluding carboxylic acids is 1. The van der Waals surface area contributed by atoms with Crippen LogP contribution in [0.2, 0.25) is 5.02 Å². The molecule has 0 fully saturated rings. The van der Waals surface area contributed by atoms with E-state index in [0.29, 0.717) is 26.7 Å². The molecule has 0 saturated carbocycles. The highest BCUT2D eigenvalue weighted by Crippen LogP contribution is 2.32. The van der Waals surface area contributed by atoms with Gasteiger partial charge in [-0.25, -0.2) is 0 Å². The Bertz CT molecular complexity index is 930. The monoisotopic (exact) mass is 389 g/mol. The Hall–Kier alpha value is -2.64. The van der Waals surface area contributed by atoms with Crippen molar-refractivity contribution in [2.75, 3.05) is 19.5 Å². The van der Waals surface area contributed by atoms with E-state index in [4.69, 9.17) is 21.1 Å². The van der Waals surface area contributed by atoms with Gasteiger partial charge in [-0.1, -0.05) is 47.2 Å². The molecule has 0 atom stereocenters. The van der Waals surface area contributed by atoms with Gasteiger partial charge in [-0.2, -0.15) is 0 Å². The number of nitrogens with one attached hydrogen (secondary N) is 1. The summed E-state index contributed by atoms with van der Waals surface area (Å²) in [5, 5.41) is 12.5. The number of anilines is 1. The lowest BCUT2D eigenvalue weighted by molar-refractivity contribution is -0.115. The molecular weight excluding hydrogens is 374 g/mol. The van der Waals surface area contributed by atoms with Gasteiger partial charge in [0.1, 0.15) is 0 Å². The largest absolute Gasteiger partial charge is 0.493 e. The molecule has 0 spiro atoms. The average molecular weight is 390 g/mol. The van der Waals surface area contributed by atoms with Gasteiger partial charge in [0.25, 0.3) is 0 Å². The van der Waals surface area contributed by atoms with Crippen LogP contribution in [-0.4, -0.2) is 30.3 Å². The zero-order chi connectivity index (χ0) is 18.5. The second-order valence-electron chi connectivity index (χ2n) is 5.31. The van der Waals surface area contributed by atoms with Gasteiger partial charge in [0, 0.05) is 5.56 Å². The zero-order valence-corrected chi connectivity index (χ0v) is 15.7. The van der Waals surface area contributed by atoms with Crippen molar-refractivity contribution in [2.45, 2.75) is 6.42 Å². The molecule has 1 N–H and O–H groups in total. The number of ether oxygens (including phenoxy) is 2. The maximum Gasteiger partial charge on any atom is 0.230 e. The van der Waals surface area contributed by atoms with Crippen molar-refractivity contribution in [2.24, 2.45) is 0 Å². The van der Waals surface area contributed by atoms with Gasteiger partial charge in [0.2, 0.25) is 11.0 Å². The van der Waals surface area contributed by atoms with Crippen LogP contribution in [0.5, 0.6) is 11.5 Å². The molecule has 26 heavy (non-hydrogen) atoms. The molecule has 6 nitrogen and oxygen atoms in total. The van der Waals surface area contributed by atoms with Crippen LogP contribution >= 0.6 is 22.9 Å². The van der Waals surface area contributed by atoms with Gasteiger partial charge in [-0.05, 0) is 23.8 Å². The predicted molar refractivity (Wildman–Crippen MR) is 102 cm³/mol. The maximum absolute atomic E-state index is 12.3. The third-order valence-corrected chi connectivity index (χ3v) is 4.79. The topological polar surface area (TPSA) is 73.3 Å². The van der Waals surface area contributed by atoms with E-state index in [2.05, 4.69) is 15.5 Å². The van der Waals surface area contributed by atoms with Crippen LogP contribution in [0.1, 0.15) is 5.56 Å². The summed E-state index contributed by atoms with van der Waals surface area (Å²) < 4.78 is 10.4. The highest BCUT2D eigenvalue weighted by Gasteiger charge is 2.13. The highest BCUT2D eigenvalue weighted by atomic mass is 35.5. The predicted octanol–water partition coefficient (Wildman–Crippen LogP) is 4.06. The SMILES string of the molecule is COc1ccc(CC(=O)Nc2nnc(-c3ccccc3Cl)s2)cc1OC. The summed E-state index contributed by atoms with van der Waals surface area (Å²) in [6, 6.07) is 12.7. The molecule has 1 aromatic heterocycles. The molecule has 2 aromatic carbocycles. The first-order chi connectivity index (χ1) is 12.6. The molecule has 1 heterocycles. The van der Waals surface area contributed by atoms with Gasteiger partial charge < -0.3 is 14.8 Å². The Balaban J connectivity index is 1.68. The van der Waals surface area contributed by atoms with Gasteiger partial charge in [-0.15, -0.1) is 10.2 Å². The summed E-state index contributed by atoms with van der Waals surface area (Å²) >= 11 is 7.43. The van der Waals surface area contributed by atoms with Crippen LogP contribution in [0, 0.1) is 0 Å². The number of carbonyl (C=O) groups is 1. The van der Waals surface area contributed by atoms with Crippen LogP contribution in [0.15, 0.2) is 42.5 Å². The Labute approximate surface area is 159 Å². The Morgan fingerprint density at radius 2 is 1.88 bits per heavy atom. The van der Waals surface area contributed by atoms with Crippen molar-refractivity contribution in [3.05, 3.63) is 53.1 Å². The van der Waals surface area contributed by atoms with Gasteiger partial charge in [0.05, 0.1) is 25.7 Å². The molecule has 0 unspecified atom stereocenters. The number of hydrogen-bond acceptors (Lipinski definition) is 6. The normalized spacial score (nSPS) is 10.4. The number of methoxy groups -OCH3 is 2. The minimum Gasteiger partial charge on any atom is -0.493 e. The van der Waals surface area contributed by atoms with Crippen LogP contribution in [0.3, 0.4) is 0 Å². The van der Waals surface area contributed by atoms with E-state index in [1.54, 1.807) is 32.4 Å². The van der Waals surface area contributed by atoms with Crippen molar-refractivity contribution in [1.82, 2.24) is 10.2 Å². The van der Waals surface area contributed by atoms with E-state index in [1.165, 1.54) is 11.3 Å². The van der Waals surface area contributed by atoms with E-state index < -0.39 is 0 Å². The molecule has 3 rings (SSSR count). The molecule has 0 saturated heterocycles. The number of nitrogens with zero attached hydrogens (tertiary/aromatic N) is 2. The number of rotatable bonds is 6. The van der Waals surface area contributed by atoms with Crippen molar-refractivity contribution in [1.29, 1.82) is 0 Å². The van der Waals surface area contributed by atoms with Crippen LogP contribution in [-0.2, 0) is 11.2 Å². The third-order valence-electron chi connectivity index (χ3n) is 3.59. The standard InChI is InChI=1S/C18H16ClN3O3S/c1-24-14-8-7-11(9-15(14)25-2)10-16(23)20-18-22-21-17(26-18)12-5-3-4-6-13(12)19/h3-9H,10H2,1-2H3,(H,20,22,23). The molecule has 3 aromatic rings. The van der Waals surface area contributed by atoms with Crippen molar-refractivity contribution in [3.8, 4) is 22.1 Å². The molecular formula is C18H16ClN3O3S. The second-order valence-corrected chi connectivity index (χ2v) is 6.69. The van der Waals surface area contributed by atoms with E-state index in [-0.39, 0.29) is 12.3 Å². The first-order valence-electron chi connectivity index (χ1n) is 7.70.